The van der Waals surface area contributed by atoms with E-state index in [1.165, 1.54) is 31.2 Å². The molecule has 4 nitrogen and oxygen atoms in total. The topological polar surface area (TPSA) is 24.9 Å². The van der Waals surface area contributed by atoms with E-state index < -0.39 is 4.44 Å². The molecule has 2 saturated heterocycles. The van der Waals surface area contributed by atoms with Crippen LogP contribution in [0.2, 0.25) is 0 Å². The Kier molecular flexibility index (Phi) is 29.6. The van der Waals surface area contributed by atoms with E-state index >= 15 is 0 Å². The van der Waals surface area contributed by atoms with Crippen LogP contribution >= 0.6 is 4.44 Å². The molecule has 0 N–H and O–H groups in total. The molecule has 31 heavy (non-hydrogen) atoms. The Morgan fingerprint density at radius 3 is 1.35 bits per heavy atom. The van der Waals surface area contributed by atoms with Crippen LogP contribution in [0.15, 0.2) is 30.3 Å². The maximum atomic E-state index is 5.01. The van der Waals surface area contributed by atoms with Crippen molar-refractivity contribution in [2.75, 3.05) is 67.7 Å². The zero-order valence-corrected chi connectivity index (χ0v) is 23.9. The number of nitrogens with zero attached hydrogens (tertiary/aromatic N) is 2. The third-order valence-electron chi connectivity index (χ3n) is 3.87. The van der Waals surface area contributed by atoms with Crippen molar-refractivity contribution in [2.24, 2.45) is 0 Å². The van der Waals surface area contributed by atoms with Crippen LogP contribution in [0.4, 0.5) is 0 Å². The first kappa shape index (κ1) is 37.2. The molecule has 1 aromatic carbocycles. The van der Waals surface area contributed by atoms with Crippen LogP contribution in [0.3, 0.4) is 0 Å². The third kappa shape index (κ3) is 31.6. The van der Waals surface area contributed by atoms with Gasteiger partial charge in [0.15, 0.2) is 0 Å². The van der Waals surface area contributed by atoms with Crippen LogP contribution < -0.4 is 37.7 Å². The molecule has 2 heterocycles. The summed E-state index contributed by atoms with van der Waals surface area (Å²) in [6.07, 6.45) is 5.83. The summed E-state index contributed by atoms with van der Waals surface area (Å²) in [7, 11) is 8.35. The first-order valence-corrected chi connectivity index (χ1v) is 15.2. The minimum Gasteiger partial charge on any atom is -0.770 e. The second kappa shape index (κ2) is 24.7. The predicted molar refractivity (Wildman–Crippen MR) is 136 cm³/mol. The molecule has 3 rings (SSSR count). The Balaban J connectivity index is -0.000000347. The van der Waals surface area contributed by atoms with Gasteiger partial charge in [0.2, 0.25) is 0 Å². The van der Waals surface area contributed by atoms with E-state index in [-0.39, 0.29) is 37.7 Å². The third-order valence-corrected chi connectivity index (χ3v) is 5.78. The Bertz CT molecular complexity index is 497. The van der Waals surface area contributed by atoms with Gasteiger partial charge in [0, 0.05) is 39.5 Å². The van der Waals surface area contributed by atoms with Crippen molar-refractivity contribution < 1.29 is 47.2 Å². The van der Waals surface area contributed by atoms with E-state index in [2.05, 4.69) is 38.0 Å². The molecule has 0 amide bonds. The molecule has 0 saturated carbocycles. The Morgan fingerprint density at radius 2 is 1.13 bits per heavy atom. The first-order chi connectivity index (χ1) is 13.7. The van der Waals surface area contributed by atoms with Gasteiger partial charge >= 0.3 is 37.7 Å². The van der Waals surface area contributed by atoms with Crippen LogP contribution in [0.5, 0.6) is 0 Å². The van der Waals surface area contributed by atoms with Crippen molar-refractivity contribution in [3.63, 3.8) is 0 Å². The van der Waals surface area contributed by atoms with E-state index in [0.717, 1.165) is 39.5 Å². The molecule has 2 aliphatic heterocycles. The molecule has 0 radical (unpaired) electrons. The molecule has 0 aromatic heterocycles. The second-order valence-corrected chi connectivity index (χ2v) is 16.7. The predicted octanol–water partition coefficient (Wildman–Crippen LogP) is -1.70. The zero-order valence-electron chi connectivity index (χ0n) is 20.5. The zero-order chi connectivity index (χ0) is 22.0. The van der Waals surface area contributed by atoms with E-state index in [0.29, 0.717) is 6.16 Å². The van der Waals surface area contributed by atoms with Crippen molar-refractivity contribution in [1.82, 2.24) is 9.80 Å². The quantitative estimate of drug-likeness (QED) is 0.275. The van der Waals surface area contributed by atoms with Gasteiger partial charge < -0.3 is 43.8 Å². The summed E-state index contributed by atoms with van der Waals surface area (Å²) >= 11 is 15.0. The van der Waals surface area contributed by atoms with Gasteiger partial charge in [0.1, 0.15) is 0 Å². The van der Waals surface area contributed by atoms with Gasteiger partial charge in [0.05, 0.1) is 0 Å². The molecule has 2 fully saturated rings. The van der Waals surface area contributed by atoms with Crippen LogP contribution in [0.25, 0.3) is 0 Å². The van der Waals surface area contributed by atoms with Gasteiger partial charge in [-0.05, 0) is 65.6 Å². The van der Waals surface area contributed by atoms with Gasteiger partial charge in [-0.15, -0.1) is 0 Å². The van der Waals surface area contributed by atoms with E-state index in [1.807, 2.05) is 30.3 Å². The molecule has 170 valence electrons. The van der Waals surface area contributed by atoms with Crippen LogP contribution in [0.1, 0.15) is 31.2 Å². The van der Waals surface area contributed by atoms with E-state index in [9.17, 15) is 0 Å². The maximum Gasteiger partial charge on any atom is 1.00 e. The Morgan fingerprint density at radius 1 is 0.774 bits per heavy atom. The van der Waals surface area contributed by atoms with Gasteiger partial charge in [-0.2, -0.15) is 11.8 Å². The molecular formula is C21H39Li2N2O2PS3. The molecular weight excluding hydrogens is 453 g/mol. The fourth-order valence-corrected chi connectivity index (χ4v) is 4.23. The van der Waals surface area contributed by atoms with Gasteiger partial charge in [-0.1, -0.05) is 30.3 Å². The number of likely N-dealkylation sites (N-methyl/N-ethyl adjacent to an activating group) is 2. The summed E-state index contributed by atoms with van der Waals surface area (Å²) < 4.78 is 8.00. The SMILES string of the molecule is C1CCOC1.C1CCOC1.CN(C)CCN(C)C.S=P([S-])([S-])Cc1ccccc1.[Li+].[Li+]. The van der Waals surface area contributed by atoms with Gasteiger partial charge in [-0.3, -0.25) is 4.44 Å². The largest absolute Gasteiger partial charge is 1.00 e. The van der Waals surface area contributed by atoms with Crippen LogP contribution in [0, 0.1) is 0 Å². The summed E-state index contributed by atoms with van der Waals surface area (Å²) in [6.45, 7) is 6.29. The van der Waals surface area contributed by atoms with E-state index in [1.54, 1.807) is 0 Å². The van der Waals surface area contributed by atoms with Crippen molar-refractivity contribution in [1.29, 1.82) is 0 Å². The number of benzene rings is 1. The number of hydrogen-bond acceptors (Lipinski definition) is 7. The summed E-state index contributed by atoms with van der Waals surface area (Å²) in [5, 5.41) is 0. The average molecular weight is 493 g/mol. The van der Waals surface area contributed by atoms with Gasteiger partial charge in [-0.25, -0.2) is 0 Å². The van der Waals surface area contributed by atoms with Crippen molar-refractivity contribution in [3.05, 3.63) is 35.9 Å². The summed E-state index contributed by atoms with van der Waals surface area (Å²) in [4.78, 5) is 4.36. The molecule has 0 spiro atoms. The first-order valence-electron chi connectivity index (χ1n) is 10.2. The standard InChI is InChI=1S/C7H9PS3.C6H16N2.2C4H8O.2Li/c9-8(10,11)6-7-4-2-1-3-5-7;1-7(2)5-6-8(3)4;2*1-2-4-5-3-1;;/h1-5H,6H2,(H2,9,10,11);5-6H2,1-4H3;2*1-4H2;;/q;;;;2*+1/p-2. The summed E-state index contributed by atoms with van der Waals surface area (Å²) in [5.74, 6) is 0. The second-order valence-electron chi connectivity index (χ2n) is 7.50. The van der Waals surface area contributed by atoms with Crippen molar-refractivity contribution in [2.45, 2.75) is 31.8 Å². The Hall–Kier alpha value is 1.60. The number of rotatable bonds is 5. The molecule has 10 heteroatoms. The molecule has 0 atom stereocenters. The maximum absolute atomic E-state index is 5.01. The molecule has 0 unspecified atom stereocenters. The normalized spacial score (nSPS) is 14.7. The van der Waals surface area contributed by atoms with Crippen molar-refractivity contribution in [3.8, 4) is 0 Å². The minimum absolute atomic E-state index is 0. The fourth-order valence-electron chi connectivity index (χ4n) is 2.23. The molecule has 0 bridgehead atoms. The summed E-state index contributed by atoms with van der Waals surface area (Å²) in [6, 6.07) is 9.95. The molecule has 0 aliphatic carbocycles. The fraction of sp³-hybridized carbons (Fsp3) is 0.714. The molecule has 2 aliphatic rings. The number of hydrogen-bond donors (Lipinski definition) is 0. The minimum atomic E-state index is -1.89. The monoisotopic (exact) mass is 492 g/mol. The smallest absolute Gasteiger partial charge is 0.770 e. The Labute approximate surface area is 231 Å². The van der Waals surface area contributed by atoms with Gasteiger partial charge in [0.25, 0.3) is 0 Å². The van der Waals surface area contributed by atoms with E-state index in [4.69, 9.17) is 45.8 Å². The number of ether oxygens (including phenoxy) is 2. The van der Waals surface area contributed by atoms with Crippen LogP contribution in [-0.2, 0) is 51.9 Å². The summed E-state index contributed by atoms with van der Waals surface area (Å²) in [5.41, 5.74) is 1.17. The van der Waals surface area contributed by atoms with Crippen molar-refractivity contribution >= 4 is 40.7 Å². The van der Waals surface area contributed by atoms with Crippen LogP contribution in [-0.4, -0.2) is 77.5 Å². The average Bonchev–Trinajstić information content (AvgIpc) is 3.38. The molecule has 1 aromatic rings.